The summed E-state index contributed by atoms with van der Waals surface area (Å²) in [5, 5.41) is 2.52. The molecule has 0 unspecified atom stereocenters. The van der Waals surface area contributed by atoms with E-state index in [1.54, 1.807) is 12.3 Å². The van der Waals surface area contributed by atoms with E-state index in [2.05, 4.69) is 16.9 Å². The number of nitrogens with one attached hydrogen (secondary N) is 1. The van der Waals surface area contributed by atoms with Gasteiger partial charge in [0.1, 0.15) is 0 Å². The minimum absolute atomic E-state index is 0.173. The number of aromatic nitrogens is 1. The Kier molecular flexibility index (Phi) is 3.83. The maximum Gasteiger partial charge on any atom is 0.261 e. The molecule has 1 aromatic rings. The summed E-state index contributed by atoms with van der Waals surface area (Å²) < 4.78 is 14.2. The quantitative estimate of drug-likeness (QED) is 0.826. The fraction of sp³-hybridized carbons (Fsp3) is 0.357. The number of pyridine rings is 1. The first-order valence-corrected chi connectivity index (χ1v) is 6.25. The zero-order chi connectivity index (χ0) is 14.8. The molecule has 0 spiro atoms. The van der Waals surface area contributed by atoms with E-state index in [1.165, 1.54) is 4.90 Å². The number of carbonyl (C=O) groups is 2. The van der Waals surface area contributed by atoms with Gasteiger partial charge in [-0.1, -0.05) is 12.6 Å². The Morgan fingerprint density at radius 2 is 2.30 bits per heavy atom. The molecule has 2 heterocycles. The highest BCUT2D eigenvalue weighted by Gasteiger charge is 2.51. The summed E-state index contributed by atoms with van der Waals surface area (Å²) >= 11 is 0. The van der Waals surface area contributed by atoms with Gasteiger partial charge in [0.05, 0.1) is 25.3 Å². The third-order valence-corrected chi connectivity index (χ3v) is 3.31. The molecule has 0 radical (unpaired) electrons. The first kappa shape index (κ1) is 14.2. The normalized spacial score (nSPS) is 16.2. The van der Waals surface area contributed by atoms with Gasteiger partial charge in [0, 0.05) is 6.20 Å². The molecule has 1 aliphatic rings. The summed E-state index contributed by atoms with van der Waals surface area (Å²) in [5.74, 6) is -1.08. The third kappa shape index (κ3) is 2.68. The second kappa shape index (κ2) is 5.40. The van der Waals surface area contributed by atoms with Crippen molar-refractivity contribution in [2.45, 2.75) is 19.1 Å². The van der Waals surface area contributed by atoms with Crippen LogP contribution in [0.5, 0.6) is 0 Å². The highest BCUT2D eigenvalue weighted by Crippen LogP contribution is 2.26. The first-order valence-electron chi connectivity index (χ1n) is 6.25. The molecule has 1 fully saturated rings. The molecule has 1 aromatic heterocycles. The monoisotopic (exact) mass is 277 g/mol. The Hall–Kier alpha value is -2.24. The molecule has 5 nitrogen and oxygen atoms in total. The lowest BCUT2D eigenvalue weighted by atomic mass is 9.95. The number of amides is 2. The maximum absolute atomic E-state index is 14.2. The largest absolute Gasteiger partial charge is 0.348 e. The molecule has 0 bridgehead atoms. The van der Waals surface area contributed by atoms with Crippen LogP contribution in [-0.2, 0) is 16.1 Å². The van der Waals surface area contributed by atoms with Crippen molar-refractivity contribution >= 4 is 11.8 Å². The first-order chi connectivity index (χ1) is 9.46. The molecule has 1 N–H and O–H groups in total. The Labute approximate surface area is 116 Å². The van der Waals surface area contributed by atoms with Crippen molar-refractivity contribution < 1.29 is 14.0 Å². The lowest BCUT2D eigenvalue weighted by molar-refractivity contribution is -0.153. The number of hydrogen-bond acceptors (Lipinski definition) is 3. The van der Waals surface area contributed by atoms with Crippen LogP contribution in [0.1, 0.15) is 11.3 Å². The smallest absolute Gasteiger partial charge is 0.261 e. The van der Waals surface area contributed by atoms with Gasteiger partial charge in [0.2, 0.25) is 11.6 Å². The summed E-state index contributed by atoms with van der Waals surface area (Å²) in [5.41, 5.74) is -0.387. The van der Waals surface area contributed by atoms with Crippen molar-refractivity contribution in [2.75, 3.05) is 13.1 Å². The second-order valence-corrected chi connectivity index (χ2v) is 4.81. The van der Waals surface area contributed by atoms with Crippen LogP contribution >= 0.6 is 0 Å². The van der Waals surface area contributed by atoms with Crippen LogP contribution in [0.3, 0.4) is 0 Å². The molecule has 106 valence electrons. The summed E-state index contributed by atoms with van der Waals surface area (Å²) in [7, 11) is 0. The number of likely N-dealkylation sites (tertiary alicyclic amines) is 1. The average molecular weight is 277 g/mol. The van der Waals surface area contributed by atoms with Gasteiger partial charge in [0.25, 0.3) is 5.91 Å². The predicted molar refractivity (Wildman–Crippen MR) is 71.4 cm³/mol. The van der Waals surface area contributed by atoms with Crippen LogP contribution in [0.4, 0.5) is 4.39 Å². The summed E-state index contributed by atoms with van der Waals surface area (Å²) in [6.45, 7) is 4.90. The lowest BCUT2D eigenvalue weighted by Crippen LogP contribution is -2.67. The SMILES string of the molecule is C=CC(=O)N1CC(F)(C(=O)NCc2ncccc2C)C1. The molecule has 1 saturated heterocycles. The topological polar surface area (TPSA) is 62.3 Å². The third-order valence-electron chi connectivity index (χ3n) is 3.31. The van der Waals surface area contributed by atoms with Crippen LogP contribution in [0.2, 0.25) is 0 Å². The van der Waals surface area contributed by atoms with Crippen molar-refractivity contribution in [3.63, 3.8) is 0 Å². The van der Waals surface area contributed by atoms with Crippen molar-refractivity contribution in [1.82, 2.24) is 15.2 Å². The fourth-order valence-corrected chi connectivity index (χ4v) is 2.01. The molecule has 6 heteroatoms. The van der Waals surface area contributed by atoms with Gasteiger partial charge >= 0.3 is 0 Å². The van der Waals surface area contributed by atoms with Gasteiger partial charge in [-0.05, 0) is 24.6 Å². The van der Waals surface area contributed by atoms with Gasteiger partial charge in [-0.3, -0.25) is 14.6 Å². The minimum Gasteiger partial charge on any atom is -0.348 e. The van der Waals surface area contributed by atoms with Crippen LogP contribution in [0.25, 0.3) is 0 Å². The molecule has 2 amide bonds. The Balaban J connectivity index is 1.89. The number of halogens is 1. The van der Waals surface area contributed by atoms with Crippen LogP contribution in [-0.4, -0.2) is 40.5 Å². The van der Waals surface area contributed by atoms with Crippen molar-refractivity contribution in [1.29, 1.82) is 0 Å². The Morgan fingerprint density at radius 1 is 1.60 bits per heavy atom. The molecular weight excluding hydrogens is 261 g/mol. The Morgan fingerprint density at radius 3 is 2.90 bits per heavy atom. The van der Waals surface area contributed by atoms with Crippen molar-refractivity contribution in [3.05, 3.63) is 42.2 Å². The average Bonchev–Trinajstić information content (AvgIpc) is 2.41. The van der Waals surface area contributed by atoms with Gasteiger partial charge in [-0.15, -0.1) is 0 Å². The van der Waals surface area contributed by atoms with Crippen LogP contribution in [0.15, 0.2) is 31.0 Å². The Bertz CT molecular complexity index is 553. The van der Waals surface area contributed by atoms with E-state index < -0.39 is 11.6 Å². The standard InChI is InChI=1S/C14H16FN3O2/c1-3-12(19)18-8-14(15,9-18)13(20)17-7-11-10(2)5-4-6-16-11/h3-6H,1,7-9H2,2H3,(H,17,20). The number of alkyl halides is 1. The molecule has 2 rings (SSSR count). The van der Waals surface area contributed by atoms with Crippen molar-refractivity contribution in [2.24, 2.45) is 0 Å². The number of nitrogens with zero attached hydrogens (tertiary/aromatic N) is 2. The second-order valence-electron chi connectivity index (χ2n) is 4.81. The number of rotatable bonds is 4. The molecule has 0 saturated carbocycles. The van der Waals surface area contributed by atoms with Crippen molar-refractivity contribution in [3.8, 4) is 0 Å². The molecular formula is C14H16FN3O2. The molecule has 1 aliphatic heterocycles. The highest BCUT2D eigenvalue weighted by atomic mass is 19.1. The molecule has 0 aromatic carbocycles. The van der Waals surface area contributed by atoms with Gasteiger partial charge in [-0.25, -0.2) is 4.39 Å². The van der Waals surface area contributed by atoms with E-state index in [4.69, 9.17) is 0 Å². The summed E-state index contributed by atoms with van der Waals surface area (Å²) in [4.78, 5) is 28.4. The highest BCUT2D eigenvalue weighted by molar-refractivity contribution is 5.93. The minimum atomic E-state index is -2.01. The summed E-state index contributed by atoms with van der Waals surface area (Å²) in [6.07, 6.45) is 2.72. The van der Waals surface area contributed by atoms with Gasteiger partial charge in [0.15, 0.2) is 0 Å². The number of hydrogen-bond donors (Lipinski definition) is 1. The molecule has 20 heavy (non-hydrogen) atoms. The van der Waals surface area contributed by atoms with E-state index in [-0.39, 0.29) is 25.5 Å². The zero-order valence-electron chi connectivity index (χ0n) is 11.2. The van der Waals surface area contributed by atoms with Gasteiger partial charge < -0.3 is 10.2 Å². The van der Waals surface area contributed by atoms with Crippen LogP contribution < -0.4 is 5.32 Å². The van der Waals surface area contributed by atoms with E-state index in [9.17, 15) is 14.0 Å². The zero-order valence-corrected chi connectivity index (χ0v) is 11.2. The number of aryl methyl sites for hydroxylation is 1. The van der Waals surface area contributed by atoms with E-state index >= 15 is 0 Å². The fourth-order valence-electron chi connectivity index (χ4n) is 2.01. The molecule has 0 atom stereocenters. The van der Waals surface area contributed by atoms with Gasteiger partial charge in [-0.2, -0.15) is 0 Å². The molecule has 0 aliphatic carbocycles. The van der Waals surface area contributed by atoms with E-state index in [0.29, 0.717) is 5.69 Å². The predicted octanol–water partition coefficient (Wildman–Crippen LogP) is 0.743. The van der Waals surface area contributed by atoms with E-state index in [0.717, 1.165) is 11.6 Å². The lowest BCUT2D eigenvalue weighted by Gasteiger charge is -2.42. The van der Waals surface area contributed by atoms with E-state index in [1.807, 2.05) is 13.0 Å². The van der Waals surface area contributed by atoms with Crippen LogP contribution in [0, 0.1) is 6.92 Å². The maximum atomic E-state index is 14.2. The number of carbonyl (C=O) groups excluding carboxylic acids is 2. The summed E-state index contributed by atoms with van der Waals surface area (Å²) in [6, 6.07) is 3.66.